The number of aliphatic carboxylic acids is 2. The minimum atomic E-state index is -1.31. The summed E-state index contributed by atoms with van der Waals surface area (Å²) in [5.74, 6) is -2.62. The second kappa shape index (κ2) is 7.66. The lowest BCUT2D eigenvalue weighted by molar-refractivity contribution is -0.147. The Morgan fingerprint density at radius 3 is 1.33 bits per heavy atom. The van der Waals surface area contributed by atoms with Gasteiger partial charge in [0, 0.05) is 0 Å². The van der Waals surface area contributed by atoms with Crippen LogP contribution in [0.2, 0.25) is 0 Å². The highest BCUT2D eigenvalue weighted by molar-refractivity contribution is 6.92. The van der Waals surface area contributed by atoms with Crippen molar-refractivity contribution in [3.63, 3.8) is 0 Å². The highest BCUT2D eigenvalue weighted by atomic mass is 35.5. The van der Waals surface area contributed by atoms with E-state index in [1.54, 1.807) is 0 Å². The summed E-state index contributed by atoms with van der Waals surface area (Å²) < 4.78 is 0. The standard InChI is InChI=1S/C3H4O4.ClH.H3P/c4-2(5)1-3(6)7;;/h1H2,(H,4,5)(H,6,7);1H;1H3. The van der Waals surface area contributed by atoms with Crippen molar-refractivity contribution in [2.24, 2.45) is 0 Å². The largest absolute Gasteiger partial charge is 0.481 e. The van der Waals surface area contributed by atoms with Gasteiger partial charge in [0.1, 0.15) is 6.42 Å². The SMILES string of the molecule is Cl.O=C(O)CC(=O)O.P. The summed E-state index contributed by atoms with van der Waals surface area (Å²) in [7, 11) is 0. The minimum Gasteiger partial charge on any atom is -0.481 e. The van der Waals surface area contributed by atoms with Crippen LogP contribution < -0.4 is 0 Å². The summed E-state index contributed by atoms with van der Waals surface area (Å²) in [5, 5.41) is 15.4. The average Bonchev–Trinajstić information content (AvgIpc) is 1.27. The van der Waals surface area contributed by atoms with E-state index >= 15 is 0 Å². The molecule has 0 spiro atoms. The molecule has 0 aliphatic heterocycles. The molecule has 0 aliphatic carbocycles. The predicted molar refractivity (Wildman–Crippen MR) is 38.2 cm³/mol. The normalized spacial score (nSPS) is 6.22. The van der Waals surface area contributed by atoms with Crippen LogP contribution in [0, 0.1) is 0 Å². The molecule has 4 nitrogen and oxygen atoms in total. The summed E-state index contributed by atoms with van der Waals surface area (Å²) in [4.78, 5) is 18.9. The zero-order chi connectivity index (χ0) is 5.86. The molecular weight excluding hydrogens is 166 g/mol. The van der Waals surface area contributed by atoms with Crippen molar-refractivity contribution in [3.05, 3.63) is 0 Å². The Balaban J connectivity index is -0.000000180. The molecule has 0 rings (SSSR count). The molecular formula is C3H8ClO4P. The van der Waals surface area contributed by atoms with Crippen LogP contribution in [0.3, 0.4) is 0 Å². The van der Waals surface area contributed by atoms with Gasteiger partial charge in [-0.15, -0.1) is 12.4 Å². The van der Waals surface area contributed by atoms with Gasteiger partial charge in [-0.2, -0.15) is 9.90 Å². The lowest BCUT2D eigenvalue weighted by Gasteiger charge is -1.80. The van der Waals surface area contributed by atoms with Crippen molar-refractivity contribution in [2.75, 3.05) is 0 Å². The van der Waals surface area contributed by atoms with E-state index in [1.165, 1.54) is 0 Å². The Morgan fingerprint density at radius 2 is 1.33 bits per heavy atom. The smallest absolute Gasteiger partial charge is 0.314 e. The highest BCUT2D eigenvalue weighted by Crippen LogP contribution is 1.74. The lowest BCUT2D eigenvalue weighted by Crippen LogP contribution is -2.03. The number of hydrogen-bond donors (Lipinski definition) is 2. The second-order valence-corrected chi connectivity index (χ2v) is 0.964. The van der Waals surface area contributed by atoms with E-state index < -0.39 is 18.4 Å². The molecule has 0 aromatic rings. The second-order valence-electron chi connectivity index (χ2n) is 0.964. The molecule has 2 N–H and O–H groups in total. The molecule has 1 atom stereocenters. The minimum absolute atomic E-state index is 0. The fourth-order valence-electron chi connectivity index (χ4n) is 0.129. The molecule has 0 fully saturated rings. The molecule has 0 aromatic carbocycles. The van der Waals surface area contributed by atoms with Crippen molar-refractivity contribution in [3.8, 4) is 0 Å². The first-order chi connectivity index (χ1) is 3.13. The van der Waals surface area contributed by atoms with Crippen LogP contribution in [0.1, 0.15) is 6.42 Å². The molecule has 6 heteroatoms. The van der Waals surface area contributed by atoms with Gasteiger partial charge in [-0.3, -0.25) is 9.59 Å². The molecule has 0 saturated heterocycles. The Bertz CT molecular complexity index is 92.0. The van der Waals surface area contributed by atoms with Gasteiger partial charge in [0.15, 0.2) is 0 Å². The molecule has 0 heterocycles. The monoisotopic (exact) mass is 174 g/mol. The number of carboxylic acids is 2. The molecule has 0 radical (unpaired) electrons. The Labute approximate surface area is 61.3 Å². The summed E-state index contributed by atoms with van der Waals surface area (Å²) in [5.41, 5.74) is 0. The zero-order valence-corrected chi connectivity index (χ0v) is 6.76. The Hall–Kier alpha value is -0.340. The van der Waals surface area contributed by atoms with Gasteiger partial charge in [0.2, 0.25) is 0 Å². The predicted octanol–water partition coefficient (Wildman–Crippen LogP) is 0.0256. The molecule has 0 aromatic heterocycles. The van der Waals surface area contributed by atoms with Crippen LogP contribution in [0.15, 0.2) is 0 Å². The summed E-state index contributed by atoms with van der Waals surface area (Å²) in [6.45, 7) is 0. The summed E-state index contributed by atoms with van der Waals surface area (Å²) in [6, 6.07) is 0. The van der Waals surface area contributed by atoms with Crippen LogP contribution in [0.5, 0.6) is 0 Å². The van der Waals surface area contributed by atoms with Gasteiger partial charge in [0.05, 0.1) is 0 Å². The fraction of sp³-hybridized carbons (Fsp3) is 0.333. The molecule has 0 bridgehead atoms. The van der Waals surface area contributed by atoms with Crippen molar-refractivity contribution < 1.29 is 19.8 Å². The lowest BCUT2D eigenvalue weighted by atomic mass is 10.5. The first-order valence-electron chi connectivity index (χ1n) is 1.56. The maximum atomic E-state index is 9.43. The molecule has 1 unspecified atom stereocenters. The van der Waals surface area contributed by atoms with E-state index in [2.05, 4.69) is 0 Å². The molecule has 0 amide bonds. The van der Waals surface area contributed by atoms with Crippen molar-refractivity contribution >= 4 is 34.2 Å². The van der Waals surface area contributed by atoms with E-state index in [1.807, 2.05) is 0 Å². The average molecular weight is 175 g/mol. The number of carboxylic acid groups (broad SMARTS) is 2. The first-order valence-corrected chi connectivity index (χ1v) is 1.56. The fourth-order valence-corrected chi connectivity index (χ4v) is 0.129. The van der Waals surface area contributed by atoms with E-state index in [9.17, 15) is 9.59 Å². The Morgan fingerprint density at radius 1 is 1.11 bits per heavy atom. The molecule has 0 aliphatic rings. The summed E-state index contributed by atoms with van der Waals surface area (Å²) >= 11 is 0. The van der Waals surface area contributed by atoms with E-state index in [-0.39, 0.29) is 22.3 Å². The maximum Gasteiger partial charge on any atom is 0.314 e. The third kappa shape index (κ3) is 18.3. The number of halogens is 1. The highest BCUT2D eigenvalue weighted by Gasteiger charge is 2.01. The van der Waals surface area contributed by atoms with Crippen molar-refractivity contribution in [1.29, 1.82) is 0 Å². The Kier molecular flexibility index (Phi) is 13.5. The number of carbonyl (C=O) groups is 2. The molecule has 9 heavy (non-hydrogen) atoms. The van der Waals surface area contributed by atoms with E-state index in [0.717, 1.165) is 0 Å². The maximum absolute atomic E-state index is 9.43. The van der Waals surface area contributed by atoms with Gasteiger partial charge in [0.25, 0.3) is 0 Å². The topological polar surface area (TPSA) is 74.6 Å². The van der Waals surface area contributed by atoms with Gasteiger partial charge in [-0.25, -0.2) is 0 Å². The van der Waals surface area contributed by atoms with Crippen molar-refractivity contribution in [2.45, 2.75) is 6.42 Å². The van der Waals surface area contributed by atoms with E-state index in [0.29, 0.717) is 0 Å². The van der Waals surface area contributed by atoms with Gasteiger partial charge in [-0.05, 0) is 0 Å². The van der Waals surface area contributed by atoms with Gasteiger partial charge in [-0.1, -0.05) is 0 Å². The third-order valence-electron chi connectivity index (χ3n) is 0.302. The molecule has 56 valence electrons. The van der Waals surface area contributed by atoms with E-state index in [4.69, 9.17) is 10.2 Å². The quantitative estimate of drug-likeness (QED) is 0.457. The van der Waals surface area contributed by atoms with Crippen LogP contribution in [-0.4, -0.2) is 22.2 Å². The van der Waals surface area contributed by atoms with Crippen LogP contribution in [0.25, 0.3) is 0 Å². The summed E-state index contributed by atoms with van der Waals surface area (Å²) in [6.07, 6.45) is -0.806. The molecule has 0 saturated carbocycles. The number of hydrogen-bond acceptors (Lipinski definition) is 2. The number of rotatable bonds is 2. The zero-order valence-electron chi connectivity index (χ0n) is 4.53. The van der Waals surface area contributed by atoms with Gasteiger partial charge < -0.3 is 10.2 Å². The van der Waals surface area contributed by atoms with Crippen LogP contribution >= 0.6 is 22.3 Å². The van der Waals surface area contributed by atoms with Crippen LogP contribution in [-0.2, 0) is 9.59 Å². The van der Waals surface area contributed by atoms with Gasteiger partial charge >= 0.3 is 11.9 Å². The van der Waals surface area contributed by atoms with Crippen molar-refractivity contribution in [1.82, 2.24) is 0 Å². The van der Waals surface area contributed by atoms with Crippen LogP contribution in [0.4, 0.5) is 0 Å². The first kappa shape index (κ1) is 15.9. The third-order valence-corrected chi connectivity index (χ3v) is 0.302.